The van der Waals surface area contributed by atoms with Crippen LogP contribution < -0.4 is 4.74 Å². The van der Waals surface area contributed by atoms with Crippen LogP contribution in [0.25, 0.3) is 16.7 Å². The summed E-state index contributed by atoms with van der Waals surface area (Å²) in [7, 11) is 0. The second-order valence-electron chi connectivity index (χ2n) is 10.9. The highest BCUT2D eigenvalue weighted by Gasteiger charge is 2.25. The number of aromatic nitrogens is 1. The Morgan fingerprint density at radius 2 is 1.78 bits per heavy atom. The highest BCUT2D eigenvalue weighted by molar-refractivity contribution is 5.87. The minimum absolute atomic E-state index is 0.102. The quantitative estimate of drug-likeness (QED) is 0.241. The number of esters is 1. The van der Waals surface area contributed by atoms with Gasteiger partial charge in [0.25, 0.3) is 0 Å². The summed E-state index contributed by atoms with van der Waals surface area (Å²) in [6.45, 7) is 19.0. The van der Waals surface area contributed by atoms with Crippen molar-refractivity contribution in [3.05, 3.63) is 101 Å². The highest BCUT2D eigenvalue weighted by Crippen LogP contribution is 2.43. The predicted molar refractivity (Wildman–Crippen MR) is 151 cm³/mol. The summed E-state index contributed by atoms with van der Waals surface area (Å²) in [5.74, 6) is 0.648. The van der Waals surface area contributed by atoms with E-state index in [4.69, 9.17) is 9.47 Å². The zero-order chi connectivity index (χ0) is 26.7. The van der Waals surface area contributed by atoms with E-state index in [0.29, 0.717) is 12.2 Å². The number of fused-ring (bicyclic) bond motifs is 1. The fourth-order valence-corrected chi connectivity index (χ4v) is 5.05. The summed E-state index contributed by atoms with van der Waals surface area (Å²) in [5.41, 5.74) is 10.2. The SMILES string of the molecule is C=C(Cc1ccccc1)Cc1c(C)cc(-c2ccnc(C(=C)CC(=O)OC(C)(C)C)c2C)c2c1CCO2. The molecule has 2 heterocycles. The smallest absolute Gasteiger partial charge is 0.310 e. The van der Waals surface area contributed by atoms with Crippen LogP contribution in [-0.4, -0.2) is 23.2 Å². The van der Waals surface area contributed by atoms with Gasteiger partial charge in [-0.1, -0.05) is 49.1 Å². The van der Waals surface area contributed by atoms with Crippen molar-refractivity contribution >= 4 is 11.5 Å². The van der Waals surface area contributed by atoms with E-state index in [0.717, 1.165) is 47.4 Å². The average Bonchev–Trinajstić information content (AvgIpc) is 3.30. The molecule has 1 aliphatic heterocycles. The Morgan fingerprint density at radius 3 is 2.49 bits per heavy atom. The van der Waals surface area contributed by atoms with E-state index in [9.17, 15) is 4.79 Å². The van der Waals surface area contributed by atoms with Crippen molar-refractivity contribution < 1.29 is 14.3 Å². The van der Waals surface area contributed by atoms with E-state index in [2.05, 4.69) is 55.4 Å². The van der Waals surface area contributed by atoms with Gasteiger partial charge >= 0.3 is 5.97 Å². The van der Waals surface area contributed by atoms with E-state index < -0.39 is 5.60 Å². The molecule has 4 rings (SSSR count). The van der Waals surface area contributed by atoms with E-state index in [1.807, 2.05) is 39.8 Å². The Hall–Kier alpha value is -3.66. The number of benzene rings is 2. The molecule has 0 bridgehead atoms. The first-order valence-corrected chi connectivity index (χ1v) is 12.9. The number of rotatable bonds is 8. The van der Waals surface area contributed by atoms with Crippen LogP contribution in [0.15, 0.2) is 67.4 Å². The Morgan fingerprint density at radius 1 is 1.05 bits per heavy atom. The van der Waals surface area contributed by atoms with Crippen molar-refractivity contribution in [2.75, 3.05) is 6.61 Å². The Bertz CT molecular complexity index is 1350. The third kappa shape index (κ3) is 6.19. The van der Waals surface area contributed by atoms with Crippen molar-refractivity contribution in [2.24, 2.45) is 0 Å². The molecule has 0 radical (unpaired) electrons. The van der Waals surface area contributed by atoms with Crippen LogP contribution in [0.1, 0.15) is 60.7 Å². The summed E-state index contributed by atoms with van der Waals surface area (Å²) in [6.07, 6.45) is 4.47. The molecule has 1 aromatic heterocycles. The number of nitrogens with zero attached hydrogens (tertiary/aromatic N) is 1. The van der Waals surface area contributed by atoms with Gasteiger partial charge in [-0.05, 0) is 93.0 Å². The number of hydrogen-bond acceptors (Lipinski definition) is 4. The van der Waals surface area contributed by atoms with Gasteiger partial charge in [0.15, 0.2) is 0 Å². The summed E-state index contributed by atoms with van der Waals surface area (Å²) >= 11 is 0. The molecule has 3 aromatic rings. The van der Waals surface area contributed by atoms with Gasteiger partial charge in [0, 0.05) is 23.7 Å². The topological polar surface area (TPSA) is 48.4 Å². The average molecular weight is 496 g/mol. The molecule has 192 valence electrons. The minimum Gasteiger partial charge on any atom is -0.492 e. The number of pyridine rings is 1. The molecule has 4 nitrogen and oxygen atoms in total. The molecule has 0 unspecified atom stereocenters. The standard InChI is InChI=1S/C33H37NO3/c1-21(17-25-11-9-8-10-12-25)18-28-22(2)19-29(32-27(28)14-16-36-32)26-13-15-34-31(24(26)4)23(3)20-30(35)37-33(5,6)7/h8-13,15,19H,1,3,14,16-18,20H2,2,4-7H3. The number of ether oxygens (including phenoxy) is 2. The van der Waals surface area contributed by atoms with Crippen LogP contribution in [0, 0.1) is 13.8 Å². The molecule has 0 spiro atoms. The van der Waals surface area contributed by atoms with Crippen LogP contribution in [0.2, 0.25) is 0 Å². The molecule has 1 aliphatic rings. The zero-order valence-electron chi connectivity index (χ0n) is 22.7. The summed E-state index contributed by atoms with van der Waals surface area (Å²) in [4.78, 5) is 17.0. The maximum Gasteiger partial charge on any atom is 0.310 e. The first-order valence-electron chi connectivity index (χ1n) is 12.9. The maximum atomic E-state index is 12.4. The number of hydrogen-bond donors (Lipinski definition) is 0. The second-order valence-corrected chi connectivity index (χ2v) is 10.9. The largest absolute Gasteiger partial charge is 0.492 e. The zero-order valence-corrected chi connectivity index (χ0v) is 22.7. The third-order valence-electron chi connectivity index (χ3n) is 6.65. The van der Waals surface area contributed by atoms with Crippen LogP contribution in [0.5, 0.6) is 5.75 Å². The number of allylic oxidation sites excluding steroid dienone is 1. The van der Waals surface area contributed by atoms with Gasteiger partial charge in [0.05, 0.1) is 18.7 Å². The summed E-state index contributed by atoms with van der Waals surface area (Å²) < 4.78 is 11.7. The highest BCUT2D eigenvalue weighted by atomic mass is 16.6. The summed E-state index contributed by atoms with van der Waals surface area (Å²) in [5, 5.41) is 0. The monoisotopic (exact) mass is 495 g/mol. The lowest BCUT2D eigenvalue weighted by Gasteiger charge is -2.21. The molecule has 0 N–H and O–H groups in total. The van der Waals surface area contributed by atoms with Crippen molar-refractivity contribution in [1.29, 1.82) is 0 Å². The van der Waals surface area contributed by atoms with Crippen molar-refractivity contribution in [1.82, 2.24) is 4.98 Å². The van der Waals surface area contributed by atoms with Gasteiger partial charge in [0.2, 0.25) is 0 Å². The van der Waals surface area contributed by atoms with E-state index in [1.54, 1.807) is 6.20 Å². The lowest BCUT2D eigenvalue weighted by atomic mass is 9.87. The van der Waals surface area contributed by atoms with Gasteiger partial charge in [0.1, 0.15) is 11.4 Å². The van der Waals surface area contributed by atoms with Crippen LogP contribution in [0.4, 0.5) is 0 Å². The minimum atomic E-state index is -0.536. The molecule has 0 fully saturated rings. The van der Waals surface area contributed by atoms with Crippen molar-refractivity contribution in [3.63, 3.8) is 0 Å². The van der Waals surface area contributed by atoms with E-state index >= 15 is 0 Å². The maximum absolute atomic E-state index is 12.4. The van der Waals surface area contributed by atoms with Gasteiger partial charge in [-0.2, -0.15) is 0 Å². The Kier molecular flexibility index (Phi) is 7.68. The molecule has 0 saturated carbocycles. The molecule has 2 aromatic carbocycles. The van der Waals surface area contributed by atoms with Gasteiger partial charge in [-0.25, -0.2) is 0 Å². The van der Waals surface area contributed by atoms with Crippen LogP contribution in [0.3, 0.4) is 0 Å². The van der Waals surface area contributed by atoms with E-state index in [1.165, 1.54) is 27.8 Å². The predicted octanol–water partition coefficient (Wildman–Crippen LogP) is 7.39. The molecule has 0 saturated heterocycles. The fraction of sp³-hybridized carbons (Fsp3) is 0.333. The molecule has 0 amide bonds. The Labute approximate surface area is 221 Å². The molecule has 4 heteroatoms. The summed E-state index contributed by atoms with van der Waals surface area (Å²) in [6, 6.07) is 14.7. The molecular formula is C33H37NO3. The van der Waals surface area contributed by atoms with Crippen LogP contribution in [-0.2, 0) is 28.8 Å². The molecular weight excluding hydrogens is 458 g/mol. The van der Waals surface area contributed by atoms with E-state index in [-0.39, 0.29) is 12.4 Å². The van der Waals surface area contributed by atoms with Crippen molar-refractivity contribution in [3.8, 4) is 16.9 Å². The van der Waals surface area contributed by atoms with Gasteiger partial charge in [-0.3, -0.25) is 9.78 Å². The lowest BCUT2D eigenvalue weighted by Crippen LogP contribution is -2.23. The molecule has 0 aliphatic carbocycles. The first-order chi connectivity index (χ1) is 17.5. The number of carbonyl (C=O) groups is 1. The van der Waals surface area contributed by atoms with Gasteiger partial charge in [-0.15, -0.1) is 0 Å². The number of carbonyl (C=O) groups excluding carboxylic acids is 1. The number of aryl methyl sites for hydroxylation is 1. The Balaban J connectivity index is 1.63. The molecule has 0 atom stereocenters. The first kappa shape index (κ1) is 26.4. The second kappa shape index (κ2) is 10.8. The normalized spacial score (nSPS) is 12.6. The fourth-order valence-electron chi connectivity index (χ4n) is 5.05. The lowest BCUT2D eigenvalue weighted by molar-refractivity contribution is -0.153. The van der Waals surface area contributed by atoms with Crippen molar-refractivity contribution in [2.45, 2.75) is 65.9 Å². The van der Waals surface area contributed by atoms with Gasteiger partial charge < -0.3 is 9.47 Å². The molecule has 37 heavy (non-hydrogen) atoms. The van der Waals surface area contributed by atoms with Crippen LogP contribution >= 0.6 is 0 Å². The third-order valence-corrected chi connectivity index (χ3v) is 6.65.